The molecule has 0 heterocycles. The SMILES string of the molecule is CC/C=C\C/C=C\C/C=C\C/C=C\CCCCC(=O)OC[C@H](COC(=O)CCCCCCCCCCCCC)OC(=O)CCCCCCC/C=C\CCCCCC. The van der Waals surface area contributed by atoms with Crippen molar-refractivity contribution in [3.63, 3.8) is 0 Å². The number of esters is 3. The average Bonchev–Trinajstić information content (AvgIpc) is 3.21. The van der Waals surface area contributed by atoms with E-state index >= 15 is 0 Å². The third-order valence-corrected chi connectivity index (χ3v) is 10.0. The molecular weight excluding hydrogens is 709 g/mol. The van der Waals surface area contributed by atoms with Crippen LogP contribution in [0.4, 0.5) is 0 Å². The van der Waals surface area contributed by atoms with Crippen LogP contribution >= 0.6 is 0 Å². The van der Waals surface area contributed by atoms with Crippen molar-refractivity contribution in [3.05, 3.63) is 60.8 Å². The molecule has 0 saturated carbocycles. The van der Waals surface area contributed by atoms with E-state index in [2.05, 4.69) is 81.5 Å². The van der Waals surface area contributed by atoms with Crippen molar-refractivity contribution in [1.29, 1.82) is 0 Å². The number of carbonyl (C=O) groups is 3. The standard InChI is InChI=1S/C51H88O6/c1-4-7-10-13-16-19-22-24-25-27-29-32-35-38-41-44-50(53)56-47-48(46-55-49(52)43-40-37-34-31-28-21-18-15-12-9-6-3)57-51(54)45-42-39-36-33-30-26-23-20-17-14-11-8-5-2/h7,10,16,19-20,23-25,29,32,48H,4-6,8-9,11-15,17-18,21-22,26-28,30-31,33-47H2,1-3H3/b10-7-,19-16-,23-20-,25-24-,32-29-/t48-/m0/s1. The van der Waals surface area contributed by atoms with Gasteiger partial charge in [0.1, 0.15) is 13.2 Å². The molecule has 0 spiro atoms. The normalized spacial score (nSPS) is 12.5. The van der Waals surface area contributed by atoms with Crippen molar-refractivity contribution < 1.29 is 28.6 Å². The quantitative estimate of drug-likeness (QED) is 0.0265. The van der Waals surface area contributed by atoms with Gasteiger partial charge in [-0.1, -0.05) is 184 Å². The van der Waals surface area contributed by atoms with Gasteiger partial charge in [0.15, 0.2) is 6.10 Å². The number of hydrogen-bond donors (Lipinski definition) is 0. The summed E-state index contributed by atoms with van der Waals surface area (Å²) in [5.41, 5.74) is 0. The van der Waals surface area contributed by atoms with Crippen LogP contribution in [0.25, 0.3) is 0 Å². The maximum absolute atomic E-state index is 12.7. The Morgan fingerprint density at radius 2 is 0.684 bits per heavy atom. The van der Waals surface area contributed by atoms with Gasteiger partial charge in [0.2, 0.25) is 0 Å². The number of rotatable bonds is 42. The topological polar surface area (TPSA) is 78.9 Å². The average molecular weight is 797 g/mol. The lowest BCUT2D eigenvalue weighted by Gasteiger charge is -2.18. The smallest absolute Gasteiger partial charge is 0.306 e. The van der Waals surface area contributed by atoms with E-state index in [0.29, 0.717) is 19.3 Å². The molecule has 0 bridgehead atoms. The molecule has 1 atom stereocenters. The Hall–Kier alpha value is -2.89. The van der Waals surface area contributed by atoms with Crippen molar-refractivity contribution in [2.75, 3.05) is 13.2 Å². The molecule has 0 radical (unpaired) electrons. The highest BCUT2D eigenvalue weighted by Gasteiger charge is 2.19. The molecule has 0 fully saturated rings. The van der Waals surface area contributed by atoms with Gasteiger partial charge in [-0.05, 0) is 83.5 Å². The third-order valence-electron chi connectivity index (χ3n) is 10.0. The highest BCUT2D eigenvalue weighted by molar-refractivity contribution is 5.71. The molecule has 328 valence electrons. The Labute approximate surface area is 351 Å². The molecule has 0 amide bonds. The molecule has 57 heavy (non-hydrogen) atoms. The molecule has 0 aromatic rings. The number of allylic oxidation sites excluding steroid dienone is 10. The lowest BCUT2D eigenvalue weighted by Crippen LogP contribution is -2.30. The number of ether oxygens (including phenoxy) is 3. The summed E-state index contributed by atoms with van der Waals surface area (Å²) in [7, 11) is 0. The predicted molar refractivity (Wildman–Crippen MR) is 242 cm³/mol. The summed E-state index contributed by atoms with van der Waals surface area (Å²) in [6, 6.07) is 0. The Morgan fingerprint density at radius 3 is 1.14 bits per heavy atom. The third kappa shape index (κ3) is 44.1. The fourth-order valence-electron chi connectivity index (χ4n) is 6.43. The lowest BCUT2D eigenvalue weighted by molar-refractivity contribution is -0.167. The Kier molecular flexibility index (Phi) is 43.5. The fraction of sp³-hybridized carbons (Fsp3) is 0.745. The van der Waals surface area contributed by atoms with Crippen LogP contribution in [-0.4, -0.2) is 37.2 Å². The zero-order valence-corrected chi connectivity index (χ0v) is 37.3. The minimum Gasteiger partial charge on any atom is -0.462 e. The maximum atomic E-state index is 12.7. The van der Waals surface area contributed by atoms with Crippen LogP contribution in [0, 0.1) is 0 Å². The second kappa shape index (κ2) is 45.8. The van der Waals surface area contributed by atoms with E-state index in [0.717, 1.165) is 96.3 Å². The van der Waals surface area contributed by atoms with Gasteiger partial charge in [0.05, 0.1) is 0 Å². The van der Waals surface area contributed by atoms with Gasteiger partial charge in [-0.3, -0.25) is 14.4 Å². The largest absolute Gasteiger partial charge is 0.462 e. The van der Waals surface area contributed by atoms with E-state index in [1.54, 1.807) is 0 Å². The maximum Gasteiger partial charge on any atom is 0.306 e. The van der Waals surface area contributed by atoms with Gasteiger partial charge < -0.3 is 14.2 Å². The molecule has 0 unspecified atom stereocenters. The summed E-state index contributed by atoms with van der Waals surface area (Å²) in [5, 5.41) is 0. The van der Waals surface area contributed by atoms with E-state index in [1.807, 2.05) is 0 Å². The fourth-order valence-corrected chi connectivity index (χ4v) is 6.43. The van der Waals surface area contributed by atoms with Crippen LogP contribution in [0.3, 0.4) is 0 Å². The second-order valence-electron chi connectivity index (χ2n) is 15.6. The Morgan fingerprint density at radius 1 is 0.368 bits per heavy atom. The summed E-state index contributed by atoms with van der Waals surface area (Å²) >= 11 is 0. The summed E-state index contributed by atoms with van der Waals surface area (Å²) in [5.74, 6) is -0.943. The molecule has 0 N–H and O–H groups in total. The van der Waals surface area contributed by atoms with Crippen LogP contribution in [0.15, 0.2) is 60.8 Å². The highest BCUT2D eigenvalue weighted by atomic mass is 16.6. The van der Waals surface area contributed by atoms with Gasteiger partial charge in [0, 0.05) is 19.3 Å². The molecule has 6 heteroatoms. The first-order chi connectivity index (χ1) is 28.0. The van der Waals surface area contributed by atoms with Gasteiger partial charge in [-0.15, -0.1) is 0 Å². The first-order valence-electron chi connectivity index (χ1n) is 23.8. The van der Waals surface area contributed by atoms with Crippen LogP contribution in [0.2, 0.25) is 0 Å². The molecule has 0 aliphatic carbocycles. The lowest BCUT2D eigenvalue weighted by atomic mass is 10.1. The van der Waals surface area contributed by atoms with Crippen molar-refractivity contribution in [1.82, 2.24) is 0 Å². The number of carbonyl (C=O) groups excluding carboxylic acids is 3. The van der Waals surface area contributed by atoms with Crippen molar-refractivity contribution >= 4 is 17.9 Å². The zero-order valence-electron chi connectivity index (χ0n) is 37.3. The highest BCUT2D eigenvalue weighted by Crippen LogP contribution is 2.14. The molecule has 0 saturated heterocycles. The summed E-state index contributed by atoms with van der Waals surface area (Å²) < 4.78 is 16.7. The first kappa shape index (κ1) is 54.1. The van der Waals surface area contributed by atoms with Crippen molar-refractivity contribution in [2.45, 2.75) is 232 Å². The Bertz CT molecular complexity index is 1050. The number of hydrogen-bond acceptors (Lipinski definition) is 6. The zero-order chi connectivity index (χ0) is 41.5. The van der Waals surface area contributed by atoms with E-state index in [4.69, 9.17) is 14.2 Å². The molecule has 0 aliphatic rings. The molecule has 6 nitrogen and oxygen atoms in total. The van der Waals surface area contributed by atoms with Gasteiger partial charge in [0.25, 0.3) is 0 Å². The van der Waals surface area contributed by atoms with Crippen LogP contribution in [-0.2, 0) is 28.6 Å². The first-order valence-corrected chi connectivity index (χ1v) is 23.8. The monoisotopic (exact) mass is 797 g/mol. The summed E-state index contributed by atoms with van der Waals surface area (Å²) in [6.45, 7) is 6.45. The van der Waals surface area contributed by atoms with Gasteiger partial charge in [-0.2, -0.15) is 0 Å². The van der Waals surface area contributed by atoms with Gasteiger partial charge >= 0.3 is 17.9 Å². The molecule has 0 rings (SSSR count). The minimum atomic E-state index is -0.791. The molecule has 0 aromatic heterocycles. The van der Waals surface area contributed by atoms with E-state index in [-0.39, 0.29) is 31.1 Å². The van der Waals surface area contributed by atoms with Crippen LogP contribution in [0.5, 0.6) is 0 Å². The molecule has 0 aromatic carbocycles. The molecular formula is C51H88O6. The minimum absolute atomic E-state index is 0.0894. The van der Waals surface area contributed by atoms with E-state index in [1.165, 1.54) is 89.9 Å². The van der Waals surface area contributed by atoms with Crippen LogP contribution in [0.1, 0.15) is 226 Å². The van der Waals surface area contributed by atoms with Crippen molar-refractivity contribution in [2.24, 2.45) is 0 Å². The van der Waals surface area contributed by atoms with Crippen molar-refractivity contribution in [3.8, 4) is 0 Å². The van der Waals surface area contributed by atoms with Gasteiger partial charge in [-0.25, -0.2) is 0 Å². The number of unbranched alkanes of at least 4 members (excludes halogenated alkanes) is 21. The molecule has 0 aliphatic heterocycles. The van der Waals surface area contributed by atoms with E-state index < -0.39 is 6.10 Å². The van der Waals surface area contributed by atoms with E-state index in [9.17, 15) is 14.4 Å². The summed E-state index contributed by atoms with van der Waals surface area (Å²) in [4.78, 5) is 37.8. The second-order valence-corrected chi connectivity index (χ2v) is 15.6. The Balaban J connectivity index is 4.45. The predicted octanol–water partition coefficient (Wildman–Crippen LogP) is 15.3. The van der Waals surface area contributed by atoms with Crippen LogP contribution < -0.4 is 0 Å². The summed E-state index contributed by atoms with van der Waals surface area (Å²) in [6.07, 6.45) is 54.9.